The highest BCUT2D eigenvalue weighted by molar-refractivity contribution is 8.76. The number of hydrogen-bond donors (Lipinski definition) is 0. The van der Waals surface area contributed by atoms with E-state index >= 15 is 0 Å². The topological polar surface area (TPSA) is 9.23 Å². The molecular formula is C10H14OS2. The summed E-state index contributed by atoms with van der Waals surface area (Å²) in [7, 11) is 5.37. The van der Waals surface area contributed by atoms with E-state index < -0.39 is 0 Å². The van der Waals surface area contributed by atoms with Crippen molar-refractivity contribution in [1.82, 2.24) is 0 Å². The third-order valence-corrected chi connectivity index (χ3v) is 3.89. The van der Waals surface area contributed by atoms with Gasteiger partial charge in [0.05, 0.1) is 6.61 Å². The Kier molecular flexibility index (Phi) is 5.35. The molecule has 0 saturated carbocycles. The molecule has 1 aromatic carbocycles. The fraction of sp³-hybridized carbons (Fsp3) is 0.400. The van der Waals surface area contributed by atoms with Crippen LogP contribution < -0.4 is 0 Å². The molecule has 3 heteroatoms. The lowest BCUT2D eigenvalue weighted by Crippen LogP contribution is -1.88. The van der Waals surface area contributed by atoms with Crippen LogP contribution in [0.15, 0.2) is 29.2 Å². The fourth-order valence-electron chi connectivity index (χ4n) is 0.821. The lowest BCUT2D eigenvalue weighted by molar-refractivity contribution is 0.219. The molecule has 0 bridgehead atoms. The normalized spacial score (nSPS) is 10.3. The van der Waals surface area contributed by atoms with Crippen LogP contribution in [0.4, 0.5) is 0 Å². The number of hydrogen-bond acceptors (Lipinski definition) is 3. The van der Waals surface area contributed by atoms with E-state index in [9.17, 15) is 0 Å². The summed E-state index contributed by atoms with van der Waals surface area (Å²) in [6.07, 6.45) is 0. The van der Waals surface area contributed by atoms with Crippen LogP contribution >= 0.6 is 21.6 Å². The van der Waals surface area contributed by atoms with Gasteiger partial charge < -0.3 is 4.74 Å². The summed E-state index contributed by atoms with van der Waals surface area (Å²) in [5.74, 6) is 1.04. The highest BCUT2D eigenvalue weighted by Gasteiger charge is 1.93. The van der Waals surface area contributed by atoms with Gasteiger partial charge in [-0.3, -0.25) is 0 Å². The Morgan fingerprint density at radius 3 is 2.54 bits per heavy atom. The van der Waals surface area contributed by atoms with Crippen molar-refractivity contribution < 1.29 is 4.74 Å². The van der Waals surface area contributed by atoms with Gasteiger partial charge in [0.2, 0.25) is 0 Å². The van der Waals surface area contributed by atoms with Crippen molar-refractivity contribution in [2.75, 3.05) is 19.5 Å². The summed E-state index contributed by atoms with van der Waals surface area (Å²) in [5.41, 5.74) is 1.31. The Morgan fingerprint density at radius 1 is 1.23 bits per heavy atom. The lowest BCUT2D eigenvalue weighted by Gasteiger charge is -2.00. The first-order valence-corrected chi connectivity index (χ1v) is 6.50. The Labute approximate surface area is 87.7 Å². The Morgan fingerprint density at radius 2 is 1.92 bits per heavy atom. The summed E-state index contributed by atoms with van der Waals surface area (Å²) >= 11 is 0. The molecule has 0 heterocycles. The third-order valence-electron chi connectivity index (χ3n) is 1.55. The zero-order valence-electron chi connectivity index (χ0n) is 7.95. The molecule has 1 rings (SSSR count). The second kappa shape index (κ2) is 6.35. The molecule has 0 amide bonds. The van der Waals surface area contributed by atoms with E-state index in [0.29, 0.717) is 0 Å². The van der Waals surface area contributed by atoms with E-state index in [1.54, 1.807) is 17.9 Å². The second-order valence-electron chi connectivity index (χ2n) is 2.71. The second-order valence-corrected chi connectivity index (χ2v) is 5.20. The van der Waals surface area contributed by atoms with E-state index in [1.165, 1.54) is 10.5 Å². The molecule has 0 aliphatic carbocycles. The van der Waals surface area contributed by atoms with Gasteiger partial charge in [-0.05, 0) is 19.1 Å². The van der Waals surface area contributed by atoms with Crippen molar-refractivity contribution in [3.63, 3.8) is 0 Å². The maximum absolute atomic E-state index is 4.96. The van der Waals surface area contributed by atoms with Crippen LogP contribution in [0.2, 0.25) is 0 Å². The highest BCUT2D eigenvalue weighted by Crippen LogP contribution is 2.30. The van der Waals surface area contributed by atoms with E-state index in [2.05, 4.69) is 31.2 Å². The van der Waals surface area contributed by atoms with Crippen LogP contribution in [-0.4, -0.2) is 19.5 Å². The fourth-order valence-corrected chi connectivity index (χ4v) is 2.72. The maximum atomic E-state index is 4.96. The van der Waals surface area contributed by atoms with Crippen LogP contribution in [0.25, 0.3) is 0 Å². The van der Waals surface area contributed by atoms with Crippen molar-refractivity contribution in [3.05, 3.63) is 29.8 Å². The van der Waals surface area contributed by atoms with Gasteiger partial charge in [0, 0.05) is 17.8 Å². The van der Waals surface area contributed by atoms with Crippen LogP contribution in [-0.2, 0) is 4.74 Å². The van der Waals surface area contributed by atoms with Crippen LogP contribution in [0.3, 0.4) is 0 Å². The minimum absolute atomic E-state index is 0.823. The Hall–Kier alpha value is -0.120. The van der Waals surface area contributed by atoms with Gasteiger partial charge in [0.25, 0.3) is 0 Å². The Bertz CT molecular complexity index is 233. The van der Waals surface area contributed by atoms with Gasteiger partial charge in [-0.2, -0.15) is 0 Å². The summed E-state index contributed by atoms with van der Waals surface area (Å²) in [5, 5.41) is 0. The largest absolute Gasteiger partial charge is 0.384 e. The molecule has 0 aliphatic rings. The summed E-state index contributed by atoms with van der Waals surface area (Å²) in [6, 6.07) is 8.58. The molecule has 0 fully saturated rings. The van der Waals surface area contributed by atoms with Crippen LogP contribution in [0.1, 0.15) is 5.56 Å². The number of ether oxygens (including phenoxy) is 1. The molecule has 13 heavy (non-hydrogen) atoms. The number of aryl methyl sites for hydroxylation is 1. The average molecular weight is 214 g/mol. The van der Waals surface area contributed by atoms with Crippen LogP contribution in [0, 0.1) is 6.92 Å². The molecule has 1 aromatic rings. The molecular weight excluding hydrogens is 200 g/mol. The summed E-state index contributed by atoms with van der Waals surface area (Å²) < 4.78 is 4.96. The molecule has 0 spiro atoms. The molecule has 0 radical (unpaired) electrons. The molecule has 0 aromatic heterocycles. The molecule has 0 aliphatic heterocycles. The van der Waals surface area contributed by atoms with Gasteiger partial charge >= 0.3 is 0 Å². The van der Waals surface area contributed by atoms with Gasteiger partial charge in [0.15, 0.2) is 0 Å². The van der Waals surface area contributed by atoms with E-state index in [-0.39, 0.29) is 0 Å². The van der Waals surface area contributed by atoms with Crippen molar-refractivity contribution in [1.29, 1.82) is 0 Å². The van der Waals surface area contributed by atoms with Crippen molar-refractivity contribution in [3.8, 4) is 0 Å². The third kappa shape index (κ3) is 4.60. The summed E-state index contributed by atoms with van der Waals surface area (Å²) in [6.45, 7) is 2.93. The average Bonchev–Trinajstić information content (AvgIpc) is 2.15. The highest BCUT2D eigenvalue weighted by atomic mass is 33.1. The quantitative estimate of drug-likeness (QED) is 0.549. The van der Waals surface area contributed by atoms with Crippen molar-refractivity contribution in [2.24, 2.45) is 0 Å². The van der Waals surface area contributed by atoms with Gasteiger partial charge in [-0.15, -0.1) is 0 Å². The molecule has 0 saturated heterocycles. The number of rotatable bonds is 5. The minimum Gasteiger partial charge on any atom is -0.384 e. The summed E-state index contributed by atoms with van der Waals surface area (Å²) in [4.78, 5) is 1.31. The SMILES string of the molecule is COCCSSc1ccc(C)cc1. The molecule has 0 N–H and O–H groups in total. The standard InChI is InChI=1S/C10H14OS2/c1-9-3-5-10(6-4-9)13-12-8-7-11-2/h3-6H,7-8H2,1-2H3. The minimum atomic E-state index is 0.823. The predicted molar refractivity (Wildman–Crippen MR) is 61.4 cm³/mol. The number of methoxy groups -OCH3 is 1. The van der Waals surface area contributed by atoms with Crippen LogP contribution in [0.5, 0.6) is 0 Å². The smallest absolute Gasteiger partial charge is 0.0561 e. The van der Waals surface area contributed by atoms with Gasteiger partial charge in [-0.25, -0.2) is 0 Å². The van der Waals surface area contributed by atoms with Crippen molar-refractivity contribution >= 4 is 21.6 Å². The first-order valence-electron chi connectivity index (χ1n) is 4.18. The molecule has 0 atom stereocenters. The lowest BCUT2D eigenvalue weighted by atomic mass is 10.2. The zero-order valence-corrected chi connectivity index (χ0v) is 9.58. The monoisotopic (exact) mass is 214 g/mol. The van der Waals surface area contributed by atoms with E-state index in [4.69, 9.17) is 4.74 Å². The van der Waals surface area contributed by atoms with Crippen molar-refractivity contribution in [2.45, 2.75) is 11.8 Å². The number of benzene rings is 1. The Balaban J connectivity index is 2.25. The van der Waals surface area contributed by atoms with E-state index in [1.807, 2.05) is 10.8 Å². The molecule has 0 unspecified atom stereocenters. The molecule has 72 valence electrons. The first kappa shape index (κ1) is 11.0. The zero-order chi connectivity index (χ0) is 9.52. The first-order chi connectivity index (χ1) is 6.33. The maximum Gasteiger partial charge on any atom is 0.0561 e. The predicted octanol–water partition coefficient (Wildman–Crippen LogP) is 3.38. The molecule has 1 nitrogen and oxygen atoms in total. The van der Waals surface area contributed by atoms with Gasteiger partial charge in [0.1, 0.15) is 0 Å². The van der Waals surface area contributed by atoms with E-state index in [0.717, 1.165) is 12.4 Å². The van der Waals surface area contributed by atoms with Gasteiger partial charge in [-0.1, -0.05) is 39.3 Å².